The number of nitrogens with zero attached hydrogens (tertiary/aromatic N) is 1. The van der Waals surface area contributed by atoms with Crippen molar-refractivity contribution in [2.75, 3.05) is 45.8 Å². The quantitative estimate of drug-likeness (QED) is 0.610. The highest BCUT2D eigenvalue weighted by atomic mass is 32.1. The van der Waals surface area contributed by atoms with Crippen LogP contribution in [0.15, 0.2) is 0 Å². The predicted molar refractivity (Wildman–Crippen MR) is 87.2 cm³/mol. The largest absolute Gasteiger partial charge is 0.397 e. The summed E-state index contributed by atoms with van der Waals surface area (Å²) in [4.78, 5) is 26.2. The van der Waals surface area contributed by atoms with Crippen molar-refractivity contribution in [2.45, 2.75) is 13.0 Å². The topological polar surface area (TPSA) is 99.5 Å². The molecule has 118 valence electrons. The van der Waals surface area contributed by atoms with Crippen molar-refractivity contribution in [1.29, 1.82) is 0 Å². The van der Waals surface area contributed by atoms with Crippen LogP contribution in [0, 0.1) is 0 Å². The van der Waals surface area contributed by atoms with Gasteiger partial charge in [0.15, 0.2) is 0 Å². The molecular formula is C13H23N5O2S. The fourth-order valence-electron chi connectivity index (χ4n) is 1.62. The average Bonchev–Trinajstić information content (AvgIpc) is 2.79. The second-order valence-electron chi connectivity index (χ2n) is 4.90. The number of likely N-dealkylation sites (N-methyl/N-ethyl adjacent to an activating group) is 1. The summed E-state index contributed by atoms with van der Waals surface area (Å²) in [6.07, 6.45) is 0. The summed E-state index contributed by atoms with van der Waals surface area (Å²) in [5.74, 6) is -0.602. The van der Waals surface area contributed by atoms with Crippen LogP contribution in [0.3, 0.4) is 0 Å². The van der Waals surface area contributed by atoms with Crippen LogP contribution >= 0.6 is 11.3 Å². The first kappa shape index (κ1) is 17.3. The van der Waals surface area contributed by atoms with Gasteiger partial charge in [0.1, 0.15) is 9.88 Å². The van der Waals surface area contributed by atoms with E-state index in [4.69, 9.17) is 5.73 Å². The Morgan fingerprint density at radius 3 is 2.29 bits per heavy atom. The molecule has 5 N–H and O–H groups in total. The zero-order chi connectivity index (χ0) is 16.2. The van der Waals surface area contributed by atoms with Gasteiger partial charge in [-0.15, -0.1) is 11.3 Å². The normalized spacial score (nSPS) is 12.1. The van der Waals surface area contributed by atoms with Crippen LogP contribution in [0.1, 0.15) is 27.0 Å². The Labute approximate surface area is 128 Å². The molecule has 0 aliphatic carbocycles. The maximum absolute atomic E-state index is 12.0. The Kier molecular flexibility index (Phi) is 5.98. The van der Waals surface area contributed by atoms with Crippen LogP contribution in [-0.2, 0) is 0 Å². The molecule has 2 amide bonds. The first-order valence-electron chi connectivity index (χ1n) is 6.60. The number of nitrogen functional groups attached to an aromatic ring is 1. The predicted octanol–water partition coefficient (Wildman–Crippen LogP) is 0.412. The number of hydrogen-bond donors (Lipinski definition) is 4. The van der Waals surface area contributed by atoms with E-state index in [-0.39, 0.29) is 23.5 Å². The number of nitrogens with two attached hydrogens (primary N) is 1. The molecule has 0 spiro atoms. The number of anilines is 2. The van der Waals surface area contributed by atoms with E-state index in [1.165, 1.54) is 25.4 Å². The molecule has 1 aromatic heterocycles. The monoisotopic (exact) mass is 313 g/mol. The third kappa shape index (κ3) is 3.85. The lowest BCUT2D eigenvalue weighted by Crippen LogP contribution is -2.31. The Balaban J connectivity index is 3.11. The molecule has 7 nitrogen and oxygen atoms in total. The number of nitrogens with one attached hydrogen (secondary N) is 3. The maximum Gasteiger partial charge on any atom is 0.263 e. The van der Waals surface area contributed by atoms with Gasteiger partial charge in [0.2, 0.25) is 0 Å². The molecular weight excluding hydrogens is 290 g/mol. The molecule has 8 heteroatoms. The number of carbonyl (C=O) groups excluding carboxylic acids is 2. The van der Waals surface area contributed by atoms with E-state index in [1.54, 1.807) is 0 Å². The summed E-state index contributed by atoms with van der Waals surface area (Å²) in [7, 11) is 7.02. The number of rotatable bonds is 6. The number of thiophene rings is 1. The van der Waals surface area contributed by atoms with Gasteiger partial charge in [0.05, 0.1) is 11.3 Å². The lowest BCUT2D eigenvalue weighted by Gasteiger charge is -2.20. The first-order chi connectivity index (χ1) is 9.83. The lowest BCUT2D eigenvalue weighted by atomic mass is 10.2. The third-order valence-electron chi connectivity index (χ3n) is 3.27. The van der Waals surface area contributed by atoms with Gasteiger partial charge in [-0.2, -0.15) is 0 Å². The van der Waals surface area contributed by atoms with Crippen LogP contribution in [0.5, 0.6) is 0 Å². The van der Waals surface area contributed by atoms with Crippen LogP contribution in [0.4, 0.5) is 10.7 Å². The lowest BCUT2D eigenvalue weighted by molar-refractivity contribution is 0.0963. The maximum atomic E-state index is 12.0. The molecule has 0 radical (unpaired) electrons. The highest BCUT2D eigenvalue weighted by Crippen LogP contribution is 2.35. The van der Waals surface area contributed by atoms with Crippen molar-refractivity contribution in [1.82, 2.24) is 15.5 Å². The van der Waals surface area contributed by atoms with Gasteiger partial charge in [0, 0.05) is 26.7 Å². The minimum absolute atomic E-state index is 0.207. The van der Waals surface area contributed by atoms with Gasteiger partial charge in [-0.1, -0.05) is 0 Å². The highest BCUT2D eigenvalue weighted by molar-refractivity contribution is 7.19. The standard InChI is InChI=1S/C13H23N5O2S/c1-7(18(4)5)6-17-13-8(11(19)15-2)9(14)10(21-13)12(20)16-3/h7,17H,6,14H2,1-5H3,(H,15,19)(H,16,20). The Bertz CT molecular complexity index is 527. The number of carbonyl (C=O) groups is 2. The van der Waals surface area contributed by atoms with Crippen LogP contribution in [-0.4, -0.2) is 57.5 Å². The van der Waals surface area contributed by atoms with Crippen molar-refractivity contribution < 1.29 is 9.59 Å². The molecule has 1 rings (SSSR count). The zero-order valence-corrected chi connectivity index (χ0v) is 13.9. The van der Waals surface area contributed by atoms with E-state index in [2.05, 4.69) is 27.8 Å². The zero-order valence-electron chi connectivity index (χ0n) is 13.0. The summed E-state index contributed by atoms with van der Waals surface area (Å²) in [5, 5.41) is 8.89. The first-order valence-corrected chi connectivity index (χ1v) is 7.41. The Morgan fingerprint density at radius 1 is 1.24 bits per heavy atom. The SMILES string of the molecule is CNC(=O)c1sc(NCC(C)N(C)C)c(C(=O)NC)c1N. The smallest absolute Gasteiger partial charge is 0.263 e. The summed E-state index contributed by atoms with van der Waals surface area (Å²) in [5.41, 5.74) is 6.49. The minimum Gasteiger partial charge on any atom is -0.397 e. The summed E-state index contributed by atoms with van der Waals surface area (Å²) >= 11 is 1.19. The van der Waals surface area contributed by atoms with Gasteiger partial charge < -0.3 is 26.6 Å². The Morgan fingerprint density at radius 2 is 1.81 bits per heavy atom. The fraction of sp³-hybridized carbons (Fsp3) is 0.538. The molecule has 1 heterocycles. The molecule has 1 unspecified atom stereocenters. The van der Waals surface area contributed by atoms with Gasteiger partial charge in [0.25, 0.3) is 11.8 Å². The number of amides is 2. The number of hydrogen-bond acceptors (Lipinski definition) is 6. The fourth-order valence-corrected chi connectivity index (χ4v) is 2.70. The van der Waals surface area contributed by atoms with Crippen molar-refractivity contribution in [3.8, 4) is 0 Å². The van der Waals surface area contributed by atoms with Crippen molar-refractivity contribution in [3.63, 3.8) is 0 Å². The molecule has 1 aromatic rings. The second kappa shape index (κ2) is 7.28. The van der Waals surface area contributed by atoms with E-state index in [0.29, 0.717) is 22.0 Å². The van der Waals surface area contributed by atoms with Gasteiger partial charge in [-0.3, -0.25) is 9.59 Å². The van der Waals surface area contributed by atoms with Crippen molar-refractivity contribution in [3.05, 3.63) is 10.4 Å². The summed E-state index contributed by atoms with van der Waals surface area (Å²) in [6, 6.07) is 0.273. The molecule has 0 saturated heterocycles. The van der Waals surface area contributed by atoms with E-state index < -0.39 is 0 Å². The van der Waals surface area contributed by atoms with Gasteiger partial charge >= 0.3 is 0 Å². The molecule has 0 fully saturated rings. The summed E-state index contributed by atoms with van der Waals surface area (Å²) < 4.78 is 0. The van der Waals surface area contributed by atoms with Gasteiger partial charge in [-0.25, -0.2) is 0 Å². The van der Waals surface area contributed by atoms with Crippen LogP contribution < -0.4 is 21.7 Å². The second-order valence-corrected chi connectivity index (χ2v) is 5.92. The van der Waals surface area contributed by atoms with E-state index >= 15 is 0 Å². The molecule has 21 heavy (non-hydrogen) atoms. The van der Waals surface area contributed by atoms with E-state index in [0.717, 1.165) is 0 Å². The van der Waals surface area contributed by atoms with Crippen LogP contribution in [0.25, 0.3) is 0 Å². The van der Waals surface area contributed by atoms with Crippen molar-refractivity contribution in [2.24, 2.45) is 0 Å². The third-order valence-corrected chi connectivity index (χ3v) is 4.43. The molecule has 0 aliphatic rings. The van der Waals surface area contributed by atoms with E-state index in [9.17, 15) is 9.59 Å². The highest BCUT2D eigenvalue weighted by Gasteiger charge is 2.24. The average molecular weight is 313 g/mol. The molecule has 0 aliphatic heterocycles. The summed E-state index contributed by atoms with van der Waals surface area (Å²) in [6.45, 7) is 2.70. The molecule has 0 saturated carbocycles. The van der Waals surface area contributed by atoms with Gasteiger partial charge in [-0.05, 0) is 21.0 Å². The molecule has 1 atom stereocenters. The van der Waals surface area contributed by atoms with Crippen molar-refractivity contribution >= 4 is 33.8 Å². The molecule has 0 aromatic carbocycles. The Hall–Kier alpha value is -1.80. The molecule has 0 bridgehead atoms. The minimum atomic E-state index is -0.307. The van der Waals surface area contributed by atoms with Crippen LogP contribution in [0.2, 0.25) is 0 Å². The van der Waals surface area contributed by atoms with E-state index in [1.807, 2.05) is 14.1 Å².